The monoisotopic (exact) mass is 339 g/mol. The molecule has 0 radical (unpaired) electrons. The first-order chi connectivity index (χ1) is 10.9. The minimum atomic E-state index is -1.14. The first kappa shape index (κ1) is 17.4. The lowest BCUT2D eigenvalue weighted by Crippen LogP contribution is -2.38. The fraction of sp³-hybridized carbons (Fsp3) is 0.235. The highest BCUT2D eigenvalue weighted by Crippen LogP contribution is 2.19. The van der Waals surface area contributed by atoms with Gasteiger partial charge in [0.25, 0.3) is 0 Å². The summed E-state index contributed by atoms with van der Waals surface area (Å²) in [6.45, 7) is 1.59. The van der Waals surface area contributed by atoms with Gasteiger partial charge in [0.15, 0.2) is 11.6 Å². The van der Waals surface area contributed by atoms with Crippen LogP contribution in [0.25, 0.3) is 0 Å². The number of aliphatic hydroxyl groups excluding tert-OH is 1. The molecule has 0 aliphatic heterocycles. The molecule has 6 heteroatoms. The Morgan fingerprint density at radius 2 is 1.96 bits per heavy atom. The van der Waals surface area contributed by atoms with Crippen LogP contribution in [-0.2, 0) is 11.2 Å². The molecule has 0 aliphatic rings. The highest BCUT2D eigenvalue weighted by molar-refractivity contribution is 6.30. The van der Waals surface area contributed by atoms with Crippen LogP contribution >= 0.6 is 11.6 Å². The summed E-state index contributed by atoms with van der Waals surface area (Å²) < 4.78 is 26.1. The number of rotatable bonds is 5. The first-order valence-corrected chi connectivity index (χ1v) is 7.41. The van der Waals surface area contributed by atoms with Crippen molar-refractivity contribution in [1.29, 1.82) is 0 Å². The van der Waals surface area contributed by atoms with Gasteiger partial charge in [-0.25, -0.2) is 8.78 Å². The topological polar surface area (TPSA) is 49.3 Å². The summed E-state index contributed by atoms with van der Waals surface area (Å²) in [5.74, 6) is -2.33. The molecule has 3 nitrogen and oxygen atoms in total. The van der Waals surface area contributed by atoms with Gasteiger partial charge < -0.3 is 10.4 Å². The highest BCUT2D eigenvalue weighted by Gasteiger charge is 2.20. The van der Waals surface area contributed by atoms with Gasteiger partial charge in [-0.3, -0.25) is 4.79 Å². The second-order valence-corrected chi connectivity index (χ2v) is 5.72. The second kappa shape index (κ2) is 7.53. The zero-order valence-electron chi connectivity index (χ0n) is 12.4. The number of hydrogen-bond donors (Lipinski definition) is 2. The summed E-state index contributed by atoms with van der Waals surface area (Å²) in [7, 11) is 0. The van der Waals surface area contributed by atoms with E-state index >= 15 is 0 Å². The van der Waals surface area contributed by atoms with Crippen molar-refractivity contribution in [2.24, 2.45) is 0 Å². The van der Waals surface area contributed by atoms with Gasteiger partial charge in [-0.05, 0) is 42.3 Å². The molecule has 1 amide bonds. The second-order valence-electron chi connectivity index (χ2n) is 5.28. The SMILES string of the molecule is CC(NC(=O)Cc1cccc(Cl)c1)C(O)c1ccc(F)c(F)c1. The van der Waals surface area contributed by atoms with Gasteiger partial charge in [-0.1, -0.05) is 29.8 Å². The Morgan fingerprint density at radius 1 is 1.22 bits per heavy atom. The summed E-state index contributed by atoms with van der Waals surface area (Å²) in [4.78, 5) is 12.0. The molecule has 0 aliphatic carbocycles. The molecule has 0 fully saturated rings. The molecule has 23 heavy (non-hydrogen) atoms. The van der Waals surface area contributed by atoms with E-state index in [0.29, 0.717) is 5.02 Å². The number of benzene rings is 2. The standard InChI is InChI=1S/C17H16ClF2NO2/c1-10(17(23)12-5-6-14(19)15(20)9-12)21-16(22)8-11-3-2-4-13(18)7-11/h2-7,9-10,17,23H,8H2,1H3,(H,21,22). The maximum atomic E-state index is 13.2. The zero-order valence-corrected chi connectivity index (χ0v) is 13.1. The van der Waals surface area contributed by atoms with Crippen LogP contribution in [0.1, 0.15) is 24.2 Å². The fourth-order valence-electron chi connectivity index (χ4n) is 2.20. The third kappa shape index (κ3) is 4.74. The van der Waals surface area contributed by atoms with E-state index in [0.717, 1.165) is 17.7 Å². The lowest BCUT2D eigenvalue weighted by molar-refractivity contribution is -0.121. The van der Waals surface area contributed by atoms with Crippen LogP contribution in [0.2, 0.25) is 5.02 Å². The lowest BCUT2D eigenvalue weighted by atomic mass is 10.0. The minimum Gasteiger partial charge on any atom is -0.386 e. The Kier molecular flexibility index (Phi) is 5.69. The van der Waals surface area contributed by atoms with Gasteiger partial charge in [0.2, 0.25) is 5.91 Å². The smallest absolute Gasteiger partial charge is 0.224 e. The third-order valence-electron chi connectivity index (χ3n) is 3.40. The first-order valence-electron chi connectivity index (χ1n) is 7.03. The Hall–Kier alpha value is -1.98. The number of hydrogen-bond acceptors (Lipinski definition) is 2. The molecule has 2 N–H and O–H groups in total. The molecule has 0 saturated heterocycles. The average molecular weight is 340 g/mol. The van der Waals surface area contributed by atoms with Crippen molar-refractivity contribution in [2.75, 3.05) is 0 Å². The largest absolute Gasteiger partial charge is 0.386 e. The van der Waals surface area contributed by atoms with Crippen LogP contribution < -0.4 is 5.32 Å². The number of carbonyl (C=O) groups is 1. The van der Waals surface area contributed by atoms with E-state index in [-0.39, 0.29) is 17.9 Å². The van der Waals surface area contributed by atoms with Crippen LogP contribution in [0.15, 0.2) is 42.5 Å². The van der Waals surface area contributed by atoms with E-state index in [1.807, 2.05) is 0 Å². The molecule has 0 heterocycles. The summed E-state index contributed by atoms with van der Waals surface area (Å²) in [6, 6.07) is 9.37. The quantitative estimate of drug-likeness (QED) is 0.877. The highest BCUT2D eigenvalue weighted by atomic mass is 35.5. The van der Waals surface area contributed by atoms with E-state index in [4.69, 9.17) is 11.6 Å². The normalized spacial score (nSPS) is 13.4. The Morgan fingerprint density at radius 3 is 2.61 bits per heavy atom. The fourth-order valence-corrected chi connectivity index (χ4v) is 2.41. The molecule has 0 spiro atoms. The predicted molar refractivity (Wildman–Crippen MR) is 84.1 cm³/mol. The van der Waals surface area contributed by atoms with Crippen molar-refractivity contribution in [3.8, 4) is 0 Å². The van der Waals surface area contributed by atoms with Gasteiger partial charge in [-0.2, -0.15) is 0 Å². The minimum absolute atomic E-state index is 0.107. The summed E-state index contributed by atoms with van der Waals surface area (Å²) >= 11 is 5.85. The molecule has 2 unspecified atom stereocenters. The molecule has 122 valence electrons. The molecule has 2 aromatic carbocycles. The number of nitrogens with one attached hydrogen (secondary N) is 1. The van der Waals surface area contributed by atoms with Crippen molar-refractivity contribution in [3.63, 3.8) is 0 Å². The van der Waals surface area contributed by atoms with Crippen LogP contribution in [0, 0.1) is 11.6 Å². The molecule has 2 aromatic rings. The van der Waals surface area contributed by atoms with Crippen LogP contribution in [0.3, 0.4) is 0 Å². The van der Waals surface area contributed by atoms with Crippen molar-refractivity contribution < 1.29 is 18.7 Å². The zero-order chi connectivity index (χ0) is 17.0. The lowest BCUT2D eigenvalue weighted by Gasteiger charge is -2.21. The van der Waals surface area contributed by atoms with Gasteiger partial charge in [0, 0.05) is 5.02 Å². The van der Waals surface area contributed by atoms with E-state index < -0.39 is 23.8 Å². The molecular formula is C17H16ClF2NO2. The van der Waals surface area contributed by atoms with Crippen molar-refractivity contribution in [1.82, 2.24) is 5.32 Å². The van der Waals surface area contributed by atoms with E-state index in [9.17, 15) is 18.7 Å². The molecular weight excluding hydrogens is 324 g/mol. The maximum Gasteiger partial charge on any atom is 0.224 e. The Balaban J connectivity index is 1.98. The van der Waals surface area contributed by atoms with E-state index in [1.54, 1.807) is 31.2 Å². The van der Waals surface area contributed by atoms with Gasteiger partial charge in [-0.15, -0.1) is 0 Å². The van der Waals surface area contributed by atoms with E-state index in [1.165, 1.54) is 6.07 Å². The van der Waals surface area contributed by atoms with Crippen LogP contribution in [-0.4, -0.2) is 17.1 Å². The molecule has 0 bridgehead atoms. The Labute approximate surface area is 137 Å². The predicted octanol–water partition coefficient (Wildman–Crippen LogP) is 3.40. The van der Waals surface area contributed by atoms with Gasteiger partial charge in [0.1, 0.15) is 0 Å². The summed E-state index contributed by atoms with van der Waals surface area (Å²) in [6.07, 6.45) is -1.04. The number of aliphatic hydroxyl groups is 1. The summed E-state index contributed by atoms with van der Waals surface area (Å²) in [5.41, 5.74) is 0.934. The van der Waals surface area contributed by atoms with Gasteiger partial charge in [0.05, 0.1) is 18.6 Å². The van der Waals surface area contributed by atoms with Gasteiger partial charge >= 0.3 is 0 Å². The van der Waals surface area contributed by atoms with Crippen LogP contribution in [0.4, 0.5) is 8.78 Å². The molecule has 0 aromatic heterocycles. The number of amides is 1. The van der Waals surface area contributed by atoms with E-state index in [2.05, 4.69) is 5.32 Å². The third-order valence-corrected chi connectivity index (χ3v) is 3.64. The number of carbonyl (C=O) groups excluding carboxylic acids is 1. The van der Waals surface area contributed by atoms with Crippen molar-refractivity contribution in [3.05, 3.63) is 70.2 Å². The molecule has 0 saturated carbocycles. The Bertz CT molecular complexity index is 709. The summed E-state index contributed by atoms with van der Waals surface area (Å²) in [5, 5.41) is 13.3. The van der Waals surface area contributed by atoms with Crippen molar-refractivity contribution >= 4 is 17.5 Å². The number of halogens is 3. The maximum absolute atomic E-state index is 13.2. The molecule has 2 rings (SSSR count). The molecule has 2 atom stereocenters. The van der Waals surface area contributed by atoms with Crippen LogP contribution in [0.5, 0.6) is 0 Å². The average Bonchev–Trinajstić information content (AvgIpc) is 2.49. The van der Waals surface area contributed by atoms with Crippen molar-refractivity contribution in [2.45, 2.75) is 25.5 Å².